The van der Waals surface area contributed by atoms with Crippen LogP contribution in [0.4, 0.5) is 15.8 Å². The summed E-state index contributed by atoms with van der Waals surface area (Å²) in [7, 11) is 0. The van der Waals surface area contributed by atoms with Crippen LogP contribution in [0, 0.1) is 22.9 Å². The molecule has 0 bridgehead atoms. The zero-order valence-electron chi connectivity index (χ0n) is 12.9. The number of halogens is 2. The number of non-ortho nitro benzene ring substituents is 1. The van der Waals surface area contributed by atoms with E-state index in [0.717, 1.165) is 6.07 Å². The SMILES string of the molecule is Cc1cc(C(=O)Nc2ccc([N+](=O)[O-])cc2Cl)c2cc(F)ccc2n1. The summed E-state index contributed by atoms with van der Waals surface area (Å²) < 4.78 is 13.5. The van der Waals surface area contributed by atoms with Gasteiger partial charge in [0.15, 0.2) is 0 Å². The molecule has 8 heteroatoms. The van der Waals surface area contributed by atoms with E-state index in [1.807, 2.05) is 0 Å². The van der Waals surface area contributed by atoms with Gasteiger partial charge in [0.05, 0.1) is 26.7 Å². The molecule has 0 saturated heterocycles. The highest BCUT2D eigenvalue weighted by Gasteiger charge is 2.16. The Morgan fingerprint density at radius 3 is 2.68 bits per heavy atom. The number of nitrogens with one attached hydrogen (secondary N) is 1. The van der Waals surface area contributed by atoms with E-state index in [0.29, 0.717) is 16.6 Å². The summed E-state index contributed by atoms with van der Waals surface area (Å²) in [5.74, 6) is -1.00. The zero-order chi connectivity index (χ0) is 18.1. The van der Waals surface area contributed by atoms with E-state index in [4.69, 9.17) is 11.6 Å². The lowest BCUT2D eigenvalue weighted by molar-refractivity contribution is -0.384. The average Bonchev–Trinajstić information content (AvgIpc) is 2.56. The first kappa shape index (κ1) is 16.8. The molecule has 0 unspecified atom stereocenters. The molecule has 3 aromatic rings. The Labute approximate surface area is 146 Å². The van der Waals surface area contributed by atoms with Crippen molar-refractivity contribution in [3.8, 4) is 0 Å². The number of aromatic nitrogens is 1. The van der Waals surface area contributed by atoms with Crippen molar-refractivity contribution in [3.05, 3.63) is 74.7 Å². The van der Waals surface area contributed by atoms with E-state index in [9.17, 15) is 19.3 Å². The van der Waals surface area contributed by atoms with Crippen molar-refractivity contribution in [1.29, 1.82) is 0 Å². The Balaban J connectivity index is 2.00. The van der Waals surface area contributed by atoms with Crippen molar-refractivity contribution < 1.29 is 14.1 Å². The first-order valence-electron chi connectivity index (χ1n) is 7.17. The molecular formula is C17H11ClFN3O3. The van der Waals surface area contributed by atoms with Crippen LogP contribution in [0.2, 0.25) is 5.02 Å². The first-order valence-corrected chi connectivity index (χ1v) is 7.55. The number of pyridine rings is 1. The van der Waals surface area contributed by atoms with Gasteiger partial charge in [-0.3, -0.25) is 19.9 Å². The lowest BCUT2D eigenvalue weighted by atomic mass is 10.1. The Kier molecular flexibility index (Phi) is 4.33. The number of amides is 1. The minimum atomic E-state index is -0.583. The normalized spacial score (nSPS) is 10.7. The molecule has 25 heavy (non-hydrogen) atoms. The molecule has 0 radical (unpaired) electrons. The lowest BCUT2D eigenvalue weighted by Gasteiger charge is -2.10. The Morgan fingerprint density at radius 2 is 2.00 bits per heavy atom. The van der Waals surface area contributed by atoms with E-state index < -0.39 is 16.6 Å². The largest absolute Gasteiger partial charge is 0.321 e. The van der Waals surface area contributed by atoms with E-state index >= 15 is 0 Å². The standard InChI is InChI=1S/C17H11ClFN3O3/c1-9-6-13(12-7-10(19)2-4-15(12)20-9)17(23)21-16-5-3-11(22(24)25)8-14(16)18/h2-8H,1H3,(H,21,23). The van der Waals surface area contributed by atoms with Crippen molar-refractivity contribution >= 4 is 39.8 Å². The van der Waals surface area contributed by atoms with Crippen LogP contribution in [0.15, 0.2) is 42.5 Å². The highest BCUT2D eigenvalue weighted by atomic mass is 35.5. The van der Waals surface area contributed by atoms with Gasteiger partial charge in [0.25, 0.3) is 11.6 Å². The van der Waals surface area contributed by atoms with Gasteiger partial charge in [-0.15, -0.1) is 0 Å². The number of benzene rings is 2. The number of aryl methyl sites for hydroxylation is 1. The third kappa shape index (κ3) is 3.41. The van der Waals surface area contributed by atoms with Crippen LogP contribution in [0.5, 0.6) is 0 Å². The van der Waals surface area contributed by atoms with Crippen LogP contribution in [0.1, 0.15) is 16.1 Å². The predicted octanol–water partition coefficient (Wildman–Crippen LogP) is 4.50. The maximum absolute atomic E-state index is 13.5. The molecule has 1 amide bonds. The summed E-state index contributed by atoms with van der Waals surface area (Å²) in [5.41, 5.74) is 1.35. The van der Waals surface area contributed by atoms with Gasteiger partial charge < -0.3 is 5.32 Å². The number of nitro benzene ring substituents is 1. The molecule has 0 spiro atoms. The van der Waals surface area contributed by atoms with Gasteiger partial charge in [-0.25, -0.2) is 4.39 Å². The summed E-state index contributed by atoms with van der Waals surface area (Å²) >= 11 is 5.99. The molecule has 0 saturated carbocycles. The third-order valence-electron chi connectivity index (χ3n) is 3.56. The second-order valence-corrected chi connectivity index (χ2v) is 5.76. The van der Waals surface area contributed by atoms with Gasteiger partial charge in [0.1, 0.15) is 5.82 Å². The number of anilines is 1. The second kappa shape index (κ2) is 6.45. The van der Waals surface area contributed by atoms with Gasteiger partial charge in [0, 0.05) is 23.2 Å². The highest BCUT2D eigenvalue weighted by Crippen LogP contribution is 2.28. The Hall–Kier alpha value is -3.06. The molecule has 3 rings (SSSR count). The Bertz CT molecular complexity index is 1020. The van der Waals surface area contributed by atoms with Crippen LogP contribution in [-0.4, -0.2) is 15.8 Å². The molecule has 1 aromatic heterocycles. The van der Waals surface area contributed by atoms with Crippen LogP contribution < -0.4 is 5.32 Å². The molecular weight excluding hydrogens is 349 g/mol. The summed E-state index contributed by atoms with van der Waals surface area (Å²) in [6.45, 7) is 1.72. The van der Waals surface area contributed by atoms with Crippen molar-refractivity contribution in [1.82, 2.24) is 4.98 Å². The molecule has 0 aliphatic carbocycles. The van der Waals surface area contributed by atoms with Gasteiger partial charge >= 0.3 is 0 Å². The maximum Gasteiger partial charge on any atom is 0.271 e. The summed E-state index contributed by atoms with van der Waals surface area (Å²) in [6, 6.07) is 9.25. The number of nitro groups is 1. The summed E-state index contributed by atoms with van der Waals surface area (Å²) in [6.07, 6.45) is 0. The fourth-order valence-corrected chi connectivity index (χ4v) is 2.65. The van der Waals surface area contributed by atoms with Crippen LogP contribution >= 0.6 is 11.6 Å². The Morgan fingerprint density at radius 1 is 1.24 bits per heavy atom. The van der Waals surface area contributed by atoms with E-state index in [-0.39, 0.29) is 22.0 Å². The van der Waals surface area contributed by atoms with Crippen molar-refractivity contribution in [2.75, 3.05) is 5.32 Å². The smallest absolute Gasteiger partial charge is 0.271 e. The molecule has 1 N–H and O–H groups in total. The molecule has 126 valence electrons. The zero-order valence-corrected chi connectivity index (χ0v) is 13.7. The number of rotatable bonds is 3. The first-order chi connectivity index (χ1) is 11.8. The van der Waals surface area contributed by atoms with E-state index in [2.05, 4.69) is 10.3 Å². The monoisotopic (exact) mass is 359 g/mol. The lowest BCUT2D eigenvalue weighted by Crippen LogP contribution is -2.13. The topological polar surface area (TPSA) is 85.1 Å². The van der Waals surface area contributed by atoms with Crippen LogP contribution in [-0.2, 0) is 0 Å². The predicted molar refractivity (Wildman–Crippen MR) is 92.5 cm³/mol. The van der Waals surface area contributed by atoms with Gasteiger partial charge in [-0.2, -0.15) is 0 Å². The molecule has 1 heterocycles. The number of hydrogen-bond donors (Lipinski definition) is 1. The summed E-state index contributed by atoms with van der Waals surface area (Å²) in [4.78, 5) is 27.0. The molecule has 2 aromatic carbocycles. The van der Waals surface area contributed by atoms with Gasteiger partial charge in [-0.1, -0.05) is 11.6 Å². The quantitative estimate of drug-likeness (QED) is 0.551. The molecule has 0 aliphatic rings. The highest BCUT2D eigenvalue weighted by molar-refractivity contribution is 6.34. The third-order valence-corrected chi connectivity index (χ3v) is 3.87. The average molecular weight is 360 g/mol. The van der Waals surface area contributed by atoms with E-state index in [1.54, 1.807) is 6.92 Å². The number of nitrogens with zero attached hydrogens (tertiary/aromatic N) is 2. The molecule has 0 aliphatic heterocycles. The number of hydrogen-bond acceptors (Lipinski definition) is 4. The van der Waals surface area contributed by atoms with Crippen molar-refractivity contribution in [2.24, 2.45) is 0 Å². The summed E-state index contributed by atoms with van der Waals surface area (Å²) in [5, 5.41) is 13.7. The molecule has 6 nitrogen and oxygen atoms in total. The van der Waals surface area contributed by atoms with E-state index in [1.165, 1.54) is 36.4 Å². The van der Waals surface area contributed by atoms with Crippen LogP contribution in [0.25, 0.3) is 10.9 Å². The number of carbonyl (C=O) groups is 1. The molecule has 0 fully saturated rings. The maximum atomic E-state index is 13.5. The van der Waals surface area contributed by atoms with Crippen molar-refractivity contribution in [2.45, 2.75) is 6.92 Å². The minimum Gasteiger partial charge on any atom is -0.321 e. The fourth-order valence-electron chi connectivity index (χ4n) is 2.43. The fraction of sp³-hybridized carbons (Fsp3) is 0.0588. The van der Waals surface area contributed by atoms with Crippen LogP contribution in [0.3, 0.4) is 0 Å². The van der Waals surface area contributed by atoms with Crippen molar-refractivity contribution in [3.63, 3.8) is 0 Å². The number of carbonyl (C=O) groups excluding carboxylic acids is 1. The molecule has 0 atom stereocenters. The van der Waals surface area contributed by atoms with Gasteiger partial charge in [-0.05, 0) is 37.3 Å². The van der Waals surface area contributed by atoms with Gasteiger partial charge in [0.2, 0.25) is 0 Å². The second-order valence-electron chi connectivity index (χ2n) is 5.35. The number of fused-ring (bicyclic) bond motifs is 1. The minimum absolute atomic E-state index is 0.0313.